The molecule has 168 valence electrons. The predicted molar refractivity (Wildman–Crippen MR) is 116 cm³/mol. The summed E-state index contributed by atoms with van der Waals surface area (Å²) in [6, 6.07) is 0. The Morgan fingerprint density at radius 1 is 0.750 bits per heavy atom. The molecule has 0 heterocycles. The summed E-state index contributed by atoms with van der Waals surface area (Å²) in [6.07, 6.45) is 10.8. The molecule has 0 saturated heterocycles. The summed E-state index contributed by atoms with van der Waals surface area (Å²) >= 11 is 0. The topological polar surface area (TPSA) is 36.9 Å². The maximum absolute atomic E-state index is 6.25. The second-order valence-corrected chi connectivity index (χ2v) is 9.21. The quantitative estimate of drug-likeness (QED) is 0.170. The largest absolute Gasteiger partial charge is 0.236 e. The Bertz CT molecular complexity index is 389. The highest BCUT2D eigenvalue weighted by Crippen LogP contribution is 2.44. The van der Waals surface area contributed by atoms with Gasteiger partial charge in [-0.05, 0) is 57.3 Å². The van der Waals surface area contributed by atoms with Crippen LogP contribution in [0.3, 0.4) is 0 Å². The highest BCUT2D eigenvalue weighted by Gasteiger charge is 2.48. The van der Waals surface area contributed by atoms with Gasteiger partial charge in [0.05, 0.1) is 0 Å². The van der Waals surface area contributed by atoms with E-state index in [4.69, 9.17) is 19.6 Å². The van der Waals surface area contributed by atoms with Crippen molar-refractivity contribution in [2.24, 2.45) is 11.8 Å². The zero-order chi connectivity index (χ0) is 21.3. The first-order valence-corrected chi connectivity index (χ1v) is 12.0. The Morgan fingerprint density at radius 3 is 1.50 bits per heavy atom. The molecule has 0 amide bonds. The van der Waals surface area contributed by atoms with Crippen LogP contribution in [0, 0.1) is 11.8 Å². The molecular formula is C24H48O4. The van der Waals surface area contributed by atoms with Crippen molar-refractivity contribution in [1.82, 2.24) is 0 Å². The lowest BCUT2D eigenvalue weighted by Gasteiger charge is -2.45. The fraction of sp³-hybridized carbons (Fsp3) is 1.00. The van der Waals surface area contributed by atoms with E-state index in [-0.39, 0.29) is 17.1 Å². The van der Waals surface area contributed by atoms with Crippen molar-refractivity contribution in [1.29, 1.82) is 0 Å². The average Bonchev–Trinajstić information content (AvgIpc) is 2.71. The van der Waals surface area contributed by atoms with Crippen LogP contribution >= 0.6 is 0 Å². The predicted octanol–water partition coefficient (Wildman–Crippen LogP) is 7.75. The lowest BCUT2D eigenvalue weighted by molar-refractivity contribution is -0.562. The van der Waals surface area contributed by atoms with Crippen molar-refractivity contribution in [2.75, 3.05) is 0 Å². The Hall–Kier alpha value is -0.160. The van der Waals surface area contributed by atoms with E-state index in [1.165, 1.54) is 0 Å². The van der Waals surface area contributed by atoms with Crippen molar-refractivity contribution >= 4 is 0 Å². The summed E-state index contributed by atoms with van der Waals surface area (Å²) in [6.45, 7) is 17.6. The van der Waals surface area contributed by atoms with Crippen molar-refractivity contribution in [3.8, 4) is 0 Å². The summed E-state index contributed by atoms with van der Waals surface area (Å²) < 4.78 is 0. The van der Waals surface area contributed by atoms with Crippen LogP contribution in [0.25, 0.3) is 0 Å². The first-order chi connectivity index (χ1) is 13.3. The molecule has 4 heteroatoms. The Kier molecular flexibility index (Phi) is 11.0. The minimum absolute atomic E-state index is 0.220. The molecule has 0 aliphatic heterocycles. The maximum atomic E-state index is 6.25. The zero-order valence-electron chi connectivity index (χ0n) is 20.1. The first-order valence-electron chi connectivity index (χ1n) is 12.0. The molecule has 1 rings (SSSR count). The van der Waals surface area contributed by atoms with E-state index in [9.17, 15) is 0 Å². The van der Waals surface area contributed by atoms with Crippen LogP contribution in [-0.4, -0.2) is 17.0 Å². The van der Waals surface area contributed by atoms with Crippen molar-refractivity contribution in [2.45, 2.75) is 143 Å². The second kappa shape index (κ2) is 11.9. The molecule has 0 aromatic carbocycles. The molecule has 0 radical (unpaired) electrons. The summed E-state index contributed by atoms with van der Waals surface area (Å²) in [5.41, 5.74) is -0.492. The zero-order valence-corrected chi connectivity index (χ0v) is 20.1. The van der Waals surface area contributed by atoms with Crippen LogP contribution in [0.4, 0.5) is 0 Å². The Balaban J connectivity index is 3.01. The molecule has 1 fully saturated rings. The molecule has 0 N–H and O–H groups in total. The van der Waals surface area contributed by atoms with E-state index in [2.05, 4.69) is 55.4 Å². The van der Waals surface area contributed by atoms with Gasteiger partial charge in [0.15, 0.2) is 0 Å². The van der Waals surface area contributed by atoms with Crippen molar-refractivity contribution < 1.29 is 19.6 Å². The fourth-order valence-corrected chi connectivity index (χ4v) is 4.61. The van der Waals surface area contributed by atoms with Gasteiger partial charge in [0.1, 0.15) is 11.2 Å². The van der Waals surface area contributed by atoms with Gasteiger partial charge >= 0.3 is 0 Å². The van der Waals surface area contributed by atoms with Gasteiger partial charge in [-0.1, -0.05) is 68.2 Å². The van der Waals surface area contributed by atoms with Crippen LogP contribution in [0.2, 0.25) is 0 Å². The van der Waals surface area contributed by atoms with Gasteiger partial charge in [-0.2, -0.15) is 9.78 Å². The van der Waals surface area contributed by atoms with E-state index in [0.717, 1.165) is 70.6 Å². The lowest BCUT2D eigenvalue weighted by Crippen LogP contribution is -2.50. The Labute approximate surface area is 174 Å². The third-order valence-corrected chi connectivity index (χ3v) is 7.20. The smallest absolute Gasteiger partial charge is 0.227 e. The van der Waals surface area contributed by atoms with Gasteiger partial charge in [0, 0.05) is 12.3 Å². The summed E-state index contributed by atoms with van der Waals surface area (Å²) in [4.78, 5) is 24.9. The second-order valence-electron chi connectivity index (χ2n) is 9.21. The van der Waals surface area contributed by atoms with Gasteiger partial charge in [-0.25, -0.2) is 9.78 Å². The standard InChI is InChI=1S/C24H48O4/c1-9-16-22(11-3,12-4)25-27-24(18-15-20(7)19-21(24)8)28-26-23(13-5,14-6)17-10-2/h20-21H,9-19H2,1-8H3. The molecule has 4 nitrogen and oxygen atoms in total. The number of hydrogen-bond acceptors (Lipinski definition) is 4. The molecule has 2 unspecified atom stereocenters. The molecule has 0 aromatic rings. The first kappa shape index (κ1) is 25.9. The van der Waals surface area contributed by atoms with Crippen LogP contribution < -0.4 is 0 Å². The van der Waals surface area contributed by atoms with Gasteiger partial charge in [-0.3, -0.25) is 0 Å². The van der Waals surface area contributed by atoms with E-state index in [1.807, 2.05) is 0 Å². The molecule has 1 saturated carbocycles. The van der Waals surface area contributed by atoms with Crippen molar-refractivity contribution in [3.05, 3.63) is 0 Å². The number of rotatable bonds is 14. The highest BCUT2D eigenvalue weighted by molar-refractivity contribution is 4.84. The molecule has 0 bridgehead atoms. The van der Waals surface area contributed by atoms with Crippen molar-refractivity contribution in [3.63, 3.8) is 0 Å². The van der Waals surface area contributed by atoms with Gasteiger partial charge in [0.25, 0.3) is 0 Å². The summed E-state index contributed by atoms with van der Waals surface area (Å²) in [5, 5.41) is 0. The molecule has 1 aliphatic rings. The van der Waals surface area contributed by atoms with Crippen LogP contribution in [0.1, 0.15) is 126 Å². The minimum atomic E-state index is -0.820. The monoisotopic (exact) mass is 400 g/mol. The van der Waals surface area contributed by atoms with Crippen LogP contribution in [0.5, 0.6) is 0 Å². The molecule has 1 aliphatic carbocycles. The third-order valence-electron chi connectivity index (χ3n) is 7.20. The SMILES string of the molecule is CCCC(CC)(CC)OOC1(OOC(CC)(CC)CCC)CCC(C)CC1C. The van der Waals surface area contributed by atoms with Gasteiger partial charge in [0.2, 0.25) is 5.79 Å². The molecule has 2 atom stereocenters. The molecular weight excluding hydrogens is 352 g/mol. The van der Waals surface area contributed by atoms with E-state index in [1.54, 1.807) is 0 Å². The van der Waals surface area contributed by atoms with Gasteiger partial charge < -0.3 is 0 Å². The lowest BCUT2D eigenvalue weighted by atomic mass is 9.79. The maximum Gasteiger partial charge on any atom is 0.236 e. The highest BCUT2D eigenvalue weighted by atomic mass is 17.3. The minimum Gasteiger partial charge on any atom is -0.227 e. The fourth-order valence-electron chi connectivity index (χ4n) is 4.61. The number of hydrogen-bond donors (Lipinski definition) is 0. The molecule has 28 heavy (non-hydrogen) atoms. The van der Waals surface area contributed by atoms with Crippen LogP contribution in [0.15, 0.2) is 0 Å². The Morgan fingerprint density at radius 2 is 1.18 bits per heavy atom. The van der Waals surface area contributed by atoms with E-state index in [0.29, 0.717) is 5.92 Å². The third kappa shape index (κ3) is 6.42. The van der Waals surface area contributed by atoms with Crippen LogP contribution in [-0.2, 0) is 19.6 Å². The summed E-state index contributed by atoms with van der Waals surface area (Å²) in [7, 11) is 0. The van der Waals surface area contributed by atoms with E-state index < -0.39 is 5.79 Å². The van der Waals surface area contributed by atoms with Gasteiger partial charge in [-0.15, -0.1) is 0 Å². The average molecular weight is 401 g/mol. The molecule has 0 spiro atoms. The van der Waals surface area contributed by atoms with E-state index >= 15 is 0 Å². The molecule has 0 aromatic heterocycles. The normalized spacial score (nSPS) is 23.1. The summed E-state index contributed by atoms with van der Waals surface area (Å²) in [5.74, 6) is 0.0715.